The molecule has 114 valence electrons. The van der Waals surface area contributed by atoms with E-state index in [9.17, 15) is 0 Å². The number of hydrogen-bond acceptors (Lipinski definition) is 4. The molecule has 1 aliphatic rings. The summed E-state index contributed by atoms with van der Waals surface area (Å²) in [6.45, 7) is 8.68. The molecule has 0 bridgehead atoms. The molecule has 0 spiro atoms. The summed E-state index contributed by atoms with van der Waals surface area (Å²) in [5.41, 5.74) is 2.29. The molecule has 1 fully saturated rings. The van der Waals surface area contributed by atoms with E-state index < -0.39 is 0 Å². The van der Waals surface area contributed by atoms with Gasteiger partial charge >= 0.3 is 0 Å². The quantitative estimate of drug-likeness (QED) is 0.920. The molecule has 3 rings (SSSR count). The maximum atomic E-state index is 4.71. The Kier molecular flexibility index (Phi) is 3.61. The Labute approximate surface area is 126 Å². The van der Waals surface area contributed by atoms with Gasteiger partial charge in [-0.25, -0.2) is 9.50 Å². The number of hydrogen-bond donors (Lipinski definition) is 1. The van der Waals surface area contributed by atoms with E-state index in [0.29, 0.717) is 6.04 Å². The minimum atomic E-state index is 0.0580. The summed E-state index contributed by atoms with van der Waals surface area (Å²) in [7, 11) is 2.05. The molecular weight excluding hydrogens is 262 g/mol. The second-order valence-electron chi connectivity index (χ2n) is 6.91. The SMILES string of the molecule is CNC1CCN(c2nccn3nc(C(C)(C)C)cc23)CC1. The molecule has 2 aromatic heterocycles. The predicted octanol–water partition coefficient (Wildman–Crippen LogP) is 2.21. The maximum absolute atomic E-state index is 4.71. The van der Waals surface area contributed by atoms with Crippen molar-refractivity contribution in [3.05, 3.63) is 24.2 Å². The lowest BCUT2D eigenvalue weighted by atomic mass is 9.92. The highest BCUT2D eigenvalue weighted by Crippen LogP contribution is 2.27. The molecule has 1 saturated heterocycles. The van der Waals surface area contributed by atoms with E-state index in [0.717, 1.165) is 30.1 Å². The van der Waals surface area contributed by atoms with Crippen LogP contribution in [0.4, 0.5) is 5.82 Å². The molecule has 0 radical (unpaired) electrons. The fourth-order valence-electron chi connectivity index (χ4n) is 2.90. The average Bonchev–Trinajstić information content (AvgIpc) is 2.91. The summed E-state index contributed by atoms with van der Waals surface area (Å²) in [5.74, 6) is 1.06. The second-order valence-corrected chi connectivity index (χ2v) is 6.91. The molecule has 0 aromatic carbocycles. The zero-order valence-corrected chi connectivity index (χ0v) is 13.4. The van der Waals surface area contributed by atoms with E-state index >= 15 is 0 Å². The van der Waals surface area contributed by atoms with E-state index in [-0.39, 0.29) is 5.41 Å². The van der Waals surface area contributed by atoms with Crippen LogP contribution in [0.1, 0.15) is 39.3 Å². The smallest absolute Gasteiger partial charge is 0.154 e. The van der Waals surface area contributed by atoms with E-state index in [4.69, 9.17) is 5.10 Å². The van der Waals surface area contributed by atoms with Crippen LogP contribution in [0.25, 0.3) is 5.52 Å². The van der Waals surface area contributed by atoms with E-state index in [1.807, 2.05) is 24.0 Å². The molecule has 3 heterocycles. The van der Waals surface area contributed by atoms with Gasteiger partial charge in [0.2, 0.25) is 0 Å². The first kappa shape index (κ1) is 14.3. The van der Waals surface area contributed by atoms with E-state index in [1.165, 1.54) is 12.8 Å². The van der Waals surface area contributed by atoms with Gasteiger partial charge in [-0.3, -0.25) is 0 Å². The number of fused-ring (bicyclic) bond motifs is 1. The third-order valence-electron chi connectivity index (χ3n) is 4.34. The summed E-state index contributed by atoms with van der Waals surface area (Å²) in [5, 5.41) is 8.08. The van der Waals surface area contributed by atoms with Gasteiger partial charge in [-0.1, -0.05) is 20.8 Å². The number of rotatable bonds is 2. The first-order chi connectivity index (χ1) is 9.99. The lowest BCUT2D eigenvalue weighted by molar-refractivity contribution is 0.441. The molecule has 1 aliphatic heterocycles. The molecule has 5 heteroatoms. The molecule has 5 nitrogen and oxygen atoms in total. The minimum absolute atomic E-state index is 0.0580. The molecular formula is C16H25N5. The molecule has 2 aromatic rings. The first-order valence-corrected chi connectivity index (χ1v) is 7.76. The number of nitrogens with one attached hydrogen (secondary N) is 1. The van der Waals surface area contributed by atoms with Crippen molar-refractivity contribution >= 4 is 11.3 Å². The normalized spacial score (nSPS) is 17.6. The van der Waals surface area contributed by atoms with Gasteiger partial charge in [-0.2, -0.15) is 5.10 Å². The number of anilines is 1. The van der Waals surface area contributed by atoms with Gasteiger partial charge in [-0.15, -0.1) is 0 Å². The fraction of sp³-hybridized carbons (Fsp3) is 0.625. The van der Waals surface area contributed by atoms with Crippen molar-refractivity contribution in [3.8, 4) is 0 Å². The summed E-state index contributed by atoms with van der Waals surface area (Å²) >= 11 is 0. The third-order valence-corrected chi connectivity index (χ3v) is 4.34. The Balaban J connectivity index is 1.94. The predicted molar refractivity (Wildman–Crippen MR) is 86.0 cm³/mol. The third kappa shape index (κ3) is 2.75. The Morgan fingerprint density at radius 2 is 1.95 bits per heavy atom. The highest BCUT2D eigenvalue weighted by atomic mass is 15.3. The zero-order chi connectivity index (χ0) is 15.0. The summed E-state index contributed by atoms with van der Waals surface area (Å²) in [4.78, 5) is 7.01. The van der Waals surface area contributed by atoms with Crippen molar-refractivity contribution in [2.24, 2.45) is 0 Å². The minimum Gasteiger partial charge on any atom is -0.355 e. The van der Waals surface area contributed by atoms with Crippen molar-refractivity contribution in [1.29, 1.82) is 0 Å². The van der Waals surface area contributed by atoms with Crippen LogP contribution in [0.5, 0.6) is 0 Å². The monoisotopic (exact) mass is 287 g/mol. The van der Waals surface area contributed by atoms with Gasteiger partial charge in [0.25, 0.3) is 0 Å². The maximum Gasteiger partial charge on any atom is 0.154 e. The number of aromatic nitrogens is 3. The van der Waals surface area contributed by atoms with Gasteiger partial charge in [0.05, 0.1) is 5.69 Å². The number of piperidine rings is 1. The van der Waals surface area contributed by atoms with Gasteiger partial charge in [-0.05, 0) is 26.0 Å². The molecule has 0 atom stereocenters. The average molecular weight is 287 g/mol. The van der Waals surface area contributed by atoms with Crippen molar-refractivity contribution < 1.29 is 0 Å². The van der Waals surface area contributed by atoms with Crippen LogP contribution in [-0.4, -0.2) is 40.8 Å². The summed E-state index contributed by atoms with van der Waals surface area (Å²) < 4.78 is 1.97. The van der Waals surface area contributed by atoms with Crippen LogP contribution in [0.3, 0.4) is 0 Å². The van der Waals surface area contributed by atoms with Crippen molar-refractivity contribution in [2.45, 2.75) is 45.1 Å². The van der Waals surface area contributed by atoms with Crippen LogP contribution in [0, 0.1) is 0 Å². The number of nitrogens with zero attached hydrogens (tertiary/aromatic N) is 4. The van der Waals surface area contributed by atoms with Crippen LogP contribution < -0.4 is 10.2 Å². The van der Waals surface area contributed by atoms with E-state index in [2.05, 4.69) is 42.0 Å². The van der Waals surface area contributed by atoms with Gasteiger partial charge in [0.15, 0.2) is 5.82 Å². The van der Waals surface area contributed by atoms with Crippen LogP contribution in [-0.2, 0) is 5.41 Å². The molecule has 0 unspecified atom stereocenters. The van der Waals surface area contributed by atoms with Crippen LogP contribution >= 0.6 is 0 Å². The summed E-state index contributed by atoms with van der Waals surface area (Å²) in [6.07, 6.45) is 6.12. The lowest BCUT2D eigenvalue weighted by Gasteiger charge is -2.32. The second kappa shape index (κ2) is 5.30. The Hall–Kier alpha value is -1.62. The molecule has 21 heavy (non-hydrogen) atoms. The first-order valence-electron chi connectivity index (χ1n) is 7.76. The fourth-order valence-corrected chi connectivity index (χ4v) is 2.90. The summed E-state index contributed by atoms with van der Waals surface area (Å²) in [6, 6.07) is 2.82. The Morgan fingerprint density at radius 3 is 2.57 bits per heavy atom. The lowest BCUT2D eigenvalue weighted by Crippen LogP contribution is -2.41. The molecule has 0 saturated carbocycles. The van der Waals surface area contributed by atoms with Gasteiger partial charge < -0.3 is 10.2 Å². The Bertz CT molecular complexity index is 617. The topological polar surface area (TPSA) is 45.5 Å². The highest BCUT2D eigenvalue weighted by molar-refractivity contribution is 5.69. The van der Waals surface area contributed by atoms with Gasteiger partial charge in [0.1, 0.15) is 5.52 Å². The molecule has 1 N–H and O–H groups in total. The molecule has 0 aliphatic carbocycles. The van der Waals surface area contributed by atoms with E-state index in [1.54, 1.807) is 0 Å². The molecule has 0 amide bonds. The van der Waals surface area contributed by atoms with Crippen LogP contribution in [0.15, 0.2) is 18.5 Å². The van der Waals surface area contributed by atoms with Crippen molar-refractivity contribution in [3.63, 3.8) is 0 Å². The Morgan fingerprint density at radius 1 is 1.24 bits per heavy atom. The van der Waals surface area contributed by atoms with Gasteiger partial charge in [0, 0.05) is 36.9 Å². The van der Waals surface area contributed by atoms with Crippen molar-refractivity contribution in [1.82, 2.24) is 19.9 Å². The highest BCUT2D eigenvalue weighted by Gasteiger charge is 2.23. The zero-order valence-electron chi connectivity index (χ0n) is 13.4. The standard InChI is InChI=1S/C16H25N5/c1-16(2,3)14-11-13-15(18-7-10-21(13)19-14)20-8-5-12(17-4)6-9-20/h7,10-12,17H,5-6,8-9H2,1-4H3. The largest absolute Gasteiger partial charge is 0.355 e. The van der Waals surface area contributed by atoms with Crippen molar-refractivity contribution in [2.75, 3.05) is 25.0 Å². The van der Waals surface area contributed by atoms with Crippen LogP contribution in [0.2, 0.25) is 0 Å².